The maximum atomic E-state index is 13.0. The van der Waals surface area contributed by atoms with Gasteiger partial charge in [0.05, 0.1) is 4.88 Å². The van der Waals surface area contributed by atoms with Gasteiger partial charge >= 0.3 is 12.1 Å². The van der Waals surface area contributed by atoms with Crippen LogP contribution < -0.4 is 5.32 Å². The second-order valence-electron chi connectivity index (χ2n) is 10.2. The van der Waals surface area contributed by atoms with E-state index in [1.165, 1.54) is 11.3 Å². The fourth-order valence-corrected chi connectivity index (χ4v) is 5.86. The van der Waals surface area contributed by atoms with E-state index >= 15 is 0 Å². The number of unbranched alkanes of at least 4 members (excludes halogenated alkanes) is 1. The zero-order valence-corrected chi connectivity index (χ0v) is 23.0. The van der Waals surface area contributed by atoms with Crippen molar-refractivity contribution in [3.05, 3.63) is 52.9 Å². The van der Waals surface area contributed by atoms with Crippen LogP contribution in [0.3, 0.4) is 0 Å². The highest BCUT2D eigenvalue weighted by Gasteiger charge is 2.39. The van der Waals surface area contributed by atoms with Gasteiger partial charge in [0.1, 0.15) is 22.4 Å². The van der Waals surface area contributed by atoms with Gasteiger partial charge in [0.25, 0.3) is 0 Å². The summed E-state index contributed by atoms with van der Waals surface area (Å²) in [5.74, 6) is -0.320. The number of thiazole rings is 1. The van der Waals surface area contributed by atoms with E-state index in [0.29, 0.717) is 30.0 Å². The van der Waals surface area contributed by atoms with Gasteiger partial charge in [-0.3, -0.25) is 4.79 Å². The van der Waals surface area contributed by atoms with E-state index in [9.17, 15) is 23.1 Å². The van der Waals surface area contributed by atoms with Crippen LogP contribution in [0.15, 0.2) is 36.7 Å². The molecule has 0 spiro atoms. The fraction of sp³-hybridized carbons (Fsp3) is 0.500. The normalized spacial score (nSPS) is 19.4. The smallest absolute Gasteiger partial charge is 0.433 e. The van der Waals surface area contributed by atoms with Gasteiger partial charge in [0.15, 0.2) is 0 Å². The summed E-state index contributed by atoms with van der Waals surface area (Å²) >= 11 is 1.38. The minimum absolute atomic E-state index is 0.0186. The van der Waals surface area contributed by atoms with Crippen LogP contribution in [0.2, 0.25) is 0 Å². The molecule has 2 aromatic heterocycles. The molecule has 0 bridgehead atoms. The molecule has 0 aliphatic heterocycles. The molecular weight excluding hydrogens is 529 g/mol. The first-order chi connectivity index (χ1) is 18.5. The van der Waals surface area contributed by atoms with Crippen molar-refractivity contribution in [2.75, 3.05) is 5.32 Å². The van der Waals surface area contributed by atoms with E-state index in [-0.39, 0.29) is 23.9 Å². The van der Waals surface area contributed by atoms with Gasteiger partial charge in [-0.25, -0.2) is 15.0 Å². The van der Waals surface area contributed by atoms with Crippen LogP contribution in [0.4, 0.5) is 24.8 Å². The molecule has 1 aromatic carbocycles. The Kier molecular flexibility index (Phi) is 8.90. The lowest BCUT2D eigenvalue weighted by atomic mass is 9.77. The van der Waals surface area contributed by atoms with Gasteiger partial charge in [-0.2, -0.15) is 13.2 Å². The number of ether oxygens (including phenoxy) is 1. The molecule has 0 amide bonds. The molecule has 0 radical (unpaired) electrons. The topological polar surface area (TPSA) is 97.2 Å². The number of carbonyl (C=O) groups excluding carboxylic acids is 1. The fourth-order valence-electron chi connectivity index (χ4n) is 4.83. The number of carbonyl (C=O) groups is 1. The molecule has 0 saturated heterocycles. The van der Waals surface area contributed by atoms with Gasteiger partial charge in [-0.05, 0) is 81.2 Å². The predicted molar refractivity (Wildman–Crippen MR) is 144 cm³/mol. The SMILES string of the molecule is CCCCC(=O)OC1CCC(C(C)(O)c2ncc(-c3cc(C)cc(Nc4nccc(C(F)(F)F)n4)c3)s2)CC1. The number of benzene rings is 1. The number of esters is 1. The molecule has 1 aliphatic rings. The standard InChI is InChI=1S/C28H33F3N4O3S/c1-4-5-6-24(36)38-21-9-7-19(8-10-21)27(3,37)25-33-16-22(39-25)18-13-17(2)14-20(15-18)34-26-32-12-11-23(35-26)28(29,30)31/h11-16,19,21,37H,4-10H2,1-3H3,(H,32,34,35). The molecular formula is C28H33F3N4O3S. The Bertz CT molecular complexity index is 1290. The Labute approximate surface area is 229 Å². The van der Waals surface area contributed by atoms with Crippen LogP contribution in [-0.2, 0) is 21.3 Å². The number of alkyl halides is 3. The largest absolute Gasteiger partial charge is 0.462 e. The lowest BCUT2D eigenvalue weighted by Crippen LogP contribution is -2.36. The van der Waals surface area contributed by atoms with E-state index in [0.717, 1.165) is 54.0 Å². The summed E-state index contributed by atoms with van der Waals surface area (Å²) in [5.41, 5.74) is 0.0719. The summed E-state index contributed by atoms with van der Waals surface area (Å²) in [6.45, 7) is 5.70. The third-order valence-electron chi connectivity index (χ3n) is 7.00. The minimum atomic E-state index is -4.56. The molecule has 7 nitrogen and oxygen atoms in total. The highest BCUT2D eigenvalue weighted by molar-refractivity contribution is 7.15. The molecule has 4 rings (SSSR count). The van der Waals surface area contributed by atoms with Crippen molar-refractivity contribution in [3.63, 3.8) is 0 Å². The molecule has 210 valence electrons. The number of nitrogens with zero attached hydrogens (tertiary/aromatic N) is 3. The number of aryl methyl sites for hydroxylation is 1. The molecule has 2 heterocycles. The van der Waals surface area contributed by atoms with E-state index in [2.05, 4.69) is 20.3 Å². The van der Waals surface area contributed by atoms with Gasteiger partial charge in [0.2, 0.25) is 5.95 Å². The Morgan fingerprint density at radius 2 is 1.92 bits per heavy atom. The molecule has 1 fully saturated rings. The van der Waals surface area contributed by atoms with Crippen molar-refractivity contribution >= 4 is 28.9 Å². The molecule has 1 unspecified atom stereocenters. The summed E-state index contributed by atoms with van der Waals surface area (Å²) in [4.78, 5) is 24.8. The number of rotatable bonds is 9. The zero-order valence-electron chi connectivity index (χ0n) is 22.2. The van der Waals surface area contributed by atoms with Gasteiger partial charge < -0.3 is 15.2 Å². The van der Waals surface area contributed by atoms with Gasteiger partial charge in [0, 0.05) is 24.5 Å². The summed E-state index contributed by atoms with van der Waals surface area (Å²) in [5, 5.41) is 14.9. The van der Waals surface area contributed by atoms with Gasteiger partial charge in [-0.15, -0.1) is 11.3 Å². The number of hydrogen-bond donors (Lipinski definition) is 2. The van der Waals surface area contributed by atoms with Crippen molar-refractivity contribution in [1.29, 1.82) is 0 Å². The summed E-state index contributed by atoms with van der Waals surface area (Å²) in [6, 6.07) is 6.35. The van der Waals surface area contributed by atoms with Gasteiger partial charge in [-0.1, -0.05) is 19.4 Å². The summed E-state index contributed by atoms with van der Waals surface area (Å²) < 4.78 is 44.7. The predicted octanol–water partition coefficient (Wildman–Crippen LogP) is 7.17. The number of aromatic nitrogens is 3. The van der Waals surface area contributed by atoms with Crippen LogP contribution in [0, 0.1) is 12.8 Å². The second kappa shape index (κ2) is 12.0. The Hall–Kier alpha value is -3.05. The quantitative estimate of drug-likeness (QED) is 0.267. The first-order valence-electron chi connectivity index (χ1n) is 13.1. The van der Waals surface area contributed by atoms with Crippen molar-refractivity contribution in [3.8, 4) is 10.4 Å². The molecule has 1 saturated carbocycles. The maximum Gasteiger partial charge on any atom is 0.433 e. The van der Waals surface area contributed by atoms with Crippen LogP contribution in [0.25, 0.3) is 10.4 Å². The molecule has 1 aliphatic carbocycles. The second-order valence-corrected chi connectivity index (χ2v) is 11.3. The first kappa shape index (κ1) is 28.9. The van der Waals surface area contributed by atoms with E-state index in [4.69, 9.17) is 4.74 Å². The van der Waals surface area contributed by atoms with Crippen molar-refractivity contribution < 1.29 is 27.8 Å². The average molecular weight is 563 g/mol. The first-order valence-corrected chi connectivity index (χ1v) is 13.9. The van der Waals surface area contributed by atoms with Crippen LogP contribution in [0.5, 0.6) is 0 Å². The highest BCUT2D eigenvalue weighted by Crippen LogP contribution is 2.43. The van der Waals surface area contributed by atoms with E-state index in [1.54, 1.807) is 25.3 Å². The Morgan fingerprint density at radius 1 is 1.18 bits per heavy atom. The number of aliphatic hydroxyl groups is 1. The van der Waals surface area contributed by atoms with Crippen LogP contribution in [0.1, 0.15) is 75.1 Å². The lowest BCUT2D eigenvalue weighted by Gasteiger charge is -2.36. The molecule has 2 N–H and O–H groups in total. The molecule has 11 heteroatoms. The van der Waals surface area contributed by atoms with Crippen molar-refractivity contribution in [1.82, 2.24) is 15.0 Å². The van der Waals surface area contributed by atoms with E-state index < -0.39 is 17.5 Å². The van der Waals surface area contributed by atoms with Crippen LogP contribution >= 0.6 is 11.3 Å². The lowest BCUT2D eigenvalue weighted by molar-refractivity contribution is -0.152. The maximum absolute atomic E-state index is 13.0. The molecule has 3 aromatic rings. The average Bonchev–Trinajstić information content (AvgIpc) is 3.39. The van der Waals surface area contributed by atoms with E-state index in [1.807, 2.05) is 19.9 Å². The highest BCUT2D eigenvalue weighted by atomic mass is 32.1. The number of anilines is 2. The molecule has 1 atom stereocenters. The van der Waals surface area contributed by atoms with Crippen LogP contribution in [-0.4, -0.2) is 32.1 Å². The Morgan fingerprint density at radius 3 is 2.62 bits per heavy atom. The summed E-state index contributed by atoms with van der Waals surface area (Å²) in [7, 11) is 0. The van der Waals surface area contributed by atoms with Crippen molar-refractivity contribution in [2.45, 2.75) is 83.6 Å². The third-order valence-corrected chi connectivity index (χ3v) is 8.28. The Balaban J connectivity index is 1.44. The zero-order chi connectivity index (χ0) is 28.2. The number of halogens is 3. The monoisotopic (exact) mass is 562 g/mol. The summed E-state index contributed by atoms with van der Waals surface area (Å²) in [6.07, 6.45) is 3.19. The number of nitrogens with one attached hydrogen (secondary N) is 1. The minimum Gasteiger partial charge on any atom is -0.462 e. The van der Waals surface area contributed by atoms with Crippen molar-refractivity contribution in [2.24, 2.45) is 5.92 Å². The number of hydrogen-bond acceptors (Lipinski definition) is 8. The third kappa shape index (κ3) is 7.33. The molecule has 39 heavy (non-hydrogen) atoms.